The van der Waals surface area contributed by atoms with Gasteiger partial charge in [0.25, 0.3) is 0 Å². The maximum absolute atomic E-state index is 12.7. The van der Waals surface area contributed by atoms with Crippen LogP contribution in [0.4, 0.5) is 10.2 Å². The van der Waals surface area contributed by atoms with Gasteiger partial charge in [0.05, 0.1) is 0 Å². The molecule has 0 unspecified atom stereocenters. The molecule has 1 aromatic heterocycles. The average molecular weight is 196 g/mol. The second kappa shape index (κ2) is 3.74. The molecule has 0 saturated carbocycles. The standard InChI is InChI=1S/C10H13FN2O/c1-10(2,3)9(14)13-8-6-4-5-7(11)12-8/h4-6H,1-3H3,(H,12,13,14). The molecule has 0 aliphatic carbocycles. The molecule has 0 fully saturated rings. The first-order valence-electron chi connectivity index (χ1n) is 4.33. The minimum atomic E-state index is -0.600. The highest BCUT2D eigenvalue weighted by Crippen LogP contribution is 2.15. The molecule has 0 spiro atoms. The van der Waals surface area contributed by atoms with Gasteiger partial charge in [-0.3, -0.25) is 4.79 Å². The molecule has 0 aliphatic rings. The molecular weight excluding hydrogens is 183 g/mol. The number of hydrogen-bond donors (Lipinski definition) is 1. The molecule has 14 heavy (non-hydrogen) atoms. The van der Waals surface area contributed by atoms with Crippen molar-refractivity contribution in [3.63, 3.8) is 0 Å². The number of rotatable bonds is 1. The van der Waals surface area contributed by atoms with Crippen LogP contribution in [-0.2, 0) is 4.79 Å². The largest absolute Gasteiger partial charge is 0.310 e. The summed E-state index contributed by atoms with van der Waals surface area (Å²) in [7, 11) is 0. The van der Waals surface area contributed by atoms with E-state index in [2.05, 4.69) is 10.3 Å². The van der Waals surface area contributed by atoms with Crippen LogP contribution < -0.4 is 5.32 Å². The van der Waals surface area contributed by atoms with Gasteiger partial charge in [-0.15, -0.1) is 0 Å². The van der Waals surface area contributed by atoms with Crippen LogP contribution >= 0.6 is 0 Å². The molecule has 0 saturated heterocycles. The van der Waals surface area contributed by atoms with Crippen molar-refractivity contribution >= 4 is 11.7 Å². The zero-order valence-corrected chi connectivity index (χ0v) is 8.47. The van der Waals surface area contributed by atoms with E-state index in [1.54, 1.807) is 26.8 Å². The lowest BCUT2D eigenvalue weighted by Gasteiger charge is -2.16. The van der Waals surface area contributed by atoms with Crippen molar-refractivity contribution in [3.8, 4) is 0 Å². The van der Waals surface area contributed by atoms with E-state index < -0.39 is 11.4 Å². The van der Waals surface area contributed by atoms with Crippen LogP contribution in [0.5, 0.6) is 0 Å². The zero-order valence-electron chi connectivity index (χ0n) is 8.47. The Morgan fingerprint density at radius 2 is 2.07 bits per heavy atom. The quantitative estimate of drug-likeness (QED) is 0.699. The lowest BCUT2D eigenvalue weighted by molar-refractivity contribution is -0.123. The Kier molecular flexibility index (Phi) is 2.84. The normalized spacial score (nSPS) is 11.1. The summed E-state index contributed by atoms with van der Waals surface area (Å²) in [6.07, 6.45) is 0. The Morgan fingerprint density at radius 1 is 1.43 bits per heavy atom. The van der Waals surface area contributed by atoms with Crippen molar-refractivity contribution < 1.29 is 9.18 Å². The topological polar surface area (TPSA) is 42.0 Å². The van der Waals surface area contributed by atoms with Crippen LogP contribution in [0, 0.1) is 11.4 Å². The molecule has 1 N–H and O–H groups in total. The van der Waals surface area contributed by atoms with Crippen LogP contribution in [0.15, 0.2) is 18.2 Å². The van der Waals surface area contributed by atoms with E-state index in [9.17, 15) is 9.18 Å². The minimum absolute atomic E-state index is 0.185. The van der Waals surface area contributed by atoms with E-state index in [0.29, 0.717) is 0 Å². The van der Waals surface area contributed by atoms with Gasteiger partial charge in [-0.05, 0) is 12.1 Å². The van der Waals surface area contributed by atoms with Crippen LogP contribution in [0.3, 0.4) is 0 Å². The molecule has 1 aromatic rings. The number of carbonyl (C=O) groups excluding carboxylic acids is 1. The molecule has 1 rings (SSSR count). The molecule has 1 amide bonds. The summed E-state index contributed by atoms with van der Waals surface area (Å²) in [6, 6.07) is 4.28. The Balaban J connectivity index is 2.75. The van der Waals surface area contributed by atoms with Gasteiger partial charge in [0.2, 0.25) is 11.9 Å². The predicted molar refractivity (Wildman–Crippen MR) is 52.3 cm³/mol. The Morgan fingerprint density at radius 3 is 2.57 bits per heavy atom. The fourth-order valence-corrected chi connectivity index (χ4v) is 0.782. The fourth-order valence-electron chi connectivity index (χ4n) is 0.782. The number of halogens is 1. The van der Waals surface area contributed by atoms with Gasteiger partial charge in [0, 0.05) is 5.41 Å². The summed E-state index contributed by atoms with van der Waals surface area (Å²) < 4.78 is 12.7. The molecule has 0 atom stereocenters. The zero-order chi connectivity index (χ0) is 10.8. The van der Waals surface area contributed by atoms with Crippen molar-refractivity contribution in [1.29, 1.82) is 0 Å². The molecule has 0 radical (unpaired) electrons. The summed E-state index contributed by atoms with van der Waals surface area (Å²) in [4.78, 5) is 15.0. The van der Waals surface area contributed by atoms with Gasteiger partial charge >= 0.3 is 0 Å². The van der Waals surface area contributed by atoms with Crippen molar-refractivity contribution in [2.45, 2.75) is 20.8 Å². The van der Waals surface area contributed by atoms with E-state index in [1.165, 1.54) is 12.1 Å². The van der Waals surface area contributed by atoms with Crippen molar-refractivity contribution in [3.05, 3.63) is 24.1 Å². The number of anilines is 1. The highest BCUT2D eigenvalue weighted by atomic mass is 19.1. The summed E-state index contributed by atoms with van der Waals surface area (Å²) >= 11 is 0. The lowest BCUT2D eigenvalue weighted by atomic mass is 9.96. The van der Waals surface area contributed by atoms with Gasteiger partial charge in [0.15, 0.2) is 0 Å². The highest BCUT2D eigenvalue weighted by molar-refractivity contribution is 5.93. The highest BCUT2D eigenvalue weighted by Gasteiger charge is 2.21. The SMILES string of the molecule is CC(C)(C)C(=O)Nc1cccc(F)n1. The maximum Gasteiger partial charge on any atom is 0.230 e. The number of pyridine rings is 1. The van der Waals surface area contributed by atoms with Gasteiger partial charge < -0.3 is 5.32 Å². The number of aromatic nitrogens is 1. The number of amides is 1. The van der Waals surface area contributed by atoms with Crippen LogP contribution in [0.1, 0.15) is 20.8 Å². The first-order chi connectivity index (χ1) is 6.39. The Labute approximate surface area is 82.4 Å². The molecule has 0 aromatic carbocycles. The Bertz CT molecular complexity index is 344. The third-order valence-corrected chi connectivity index (χ3v) is 1.64. The van der Waals surface area contributed by atoms with Crippen molar-refractivity contribution in [1.82, 2.24) is 4.98 Å². The van der Waals surface area contributed by atoms with Gasteiger partial charge in [-0.25, -0.2) is 4.98 Å². The first-order valence-corrected chi connectivity index (χ1v) is 4.33. The van der Waals surface area contributed by atoms with Crippen LogP contribution in [0.2, 0.25) is 0 Å². The van der Waals surface area contributed by atoms with E-state index in [4.69, 9.17) is 0 Å². The number of carbonyl (C=O) groups is 1. The molecule has 0 bridgehead atoms. The maximum atomic E-state index is 12.7. The monoisotopic (exact) mass is 196 g/mol. The summed E-state index contributed by atoms with van der Waals surface area (Å²) in [5.74, 6) is -0.544. The smallest absolute Gasteiger partial charge is 0.230 e. The van der Waals surface area contributed by atoms with Gasteiger partial charge in [-0.2, -0.15) is 4.39 Å². The number of nitrogens with zero attached hydrogens (tertiary/aromatic N) is 1. The fraction of sp³-hybridized carbons (Fsp3) is 0.400. The van der Waals surface area contributed by atoms with Gasteiger partial charge in [-0.1, -0.05) is 26.8 Å². The van der Waals surface area contributed by atoms with Crippen molar-refractivity contribution in [2.24, 2.45) is 5.41 Å². The predicted octanol–water partition coefficient (Wildman–Crippen LogP) is 2.21. The summed E-state index contributed by atoms with van der Waals surface area (Å²) in [5.41, 5.74) is -0.506. The molecule has 1 heterocycles. The third-order valence-electron chi connectivity index (χ3n) is 1.64. The van der Waals surface area contributed by atoms with E-state index in [-0.39, 0.29) is 11.7 Å². The molecular formula is C10H13FN2O. The molecule has 76 valence electrons. The second-order valence-electron chi connectivity index (χ2n) is 4.05. The third kappa shape index (κ3) is 2.80. The van der Waals surface area contributed by atoms with E-state index >= 15 is 0 Å². The second-order valence-corrected chi connectivity index (χ2v) is 4.05. The van der Waals surface area contributed by atoms with E-state index in [1.807, 2.05) is 0 Å². The van der Waals surface area contributed by atoms with Crippen molar-refractivity contribution in [2.75, 3.05) is 5.32 Å². The van der Waals surface area contributed by atoms with Gasteiger partial charge in [0.1, 0.15) is 5.82 Å². The number of nitrogens with one attached hydrogen (secondary N) is 1. The minimum Gasteiger partial charge on any atom is -0.310 e. The average Bonchev–Trinajstić information content (AvgIpc) is 2.02. The molecule has 4 heteroatoms. The van der Waals surface area contributed by atoms with E-state index in [0.717, 1.165) is 0 Å². The lowest BCUT2D eigenvalue weighted by Crippen LogP contribution is -2.28. The Hall–Kier alpha value is -1.45. The van der Waals surface area contributed by atoms with Crippen LogP contribution in [-0.4, -0.2) is 10.9 Å². The van der Waals surface area contributed by atoms with Crippen LogP contribution in [0.25, 0.3) is 0 Å². The molecule has 3 nitrogen and oxygen atoms in total. The summed E-state index contributed by atoms with van der Waals surface area (Å²) in [6.45, 7) is 5.34. The molecule has 0 aliphatic heterocycles. The summed E-state index contributed by atoms with van der Waals surface area (Å²) in [5, 5.41) is 2.53. The number of hydrogen-bond acceptors (Lipinski definition) is 2. The first kappa shape index (κ1) is 10.6.